The van der Waals surface area contributed by atoms with E-state index in [1.165, 1.54) is 12.1 Å². The molecule has 0 saturated heterocycles. The van der Waals surface area contributed by atoms with Crippen LogP contribution in [0.25, 0.3) is 11.1 Å². The van der Waals surface area contributed by atoms with E-state index in [2.05, 4.69) is 26.2 Å². The number of carbonyl (C=O) groups is 1. The highest BCUT2D eigenvalue weighted by Gasteiger charge is 2.13. The van der Waals surface area contributed by atoms with Gasteiger partial charge >= 0.3 is 0 Å². The Labute approximate surface area is 163 Å². The number of hydrogen-bond donors (Lipinski definition) is 1. The van der Waals surface area contributed by atoms with E-state index >= 15 is 0 Å². The fraction of sp³-hybridized carbons (Fsp3) is 0.0476. The van der Waals surface area contributed by atoms with Crippen LogP contribution in [0, 0.1) is 5.82 Å². The van der Waals surface area contributed by atoms with Crippen molar-refractivity contribution in [2.45, 2.75) is 6.42 Å². The summed E-state index contributed by atoms with van der Waals surface area (Å²) in [5, 5.41) is 2.57. The molecule has 1 aromatic heterocycles. The second-order valence-corrected chi connectivity index (χ2v) is 6.95. The Morgan fingerprint density at radius 1 is 1.07 bits per heavy atom. The highest BCUT2D eigenvalue weighted by molar-refractivity contribution is 9.10. The van der Waals surface area contributed by atoms with Crippen LogP contribution in [0.2, 0.25) is 0 Å². The van der Waals surface area contributed by atoms with E-state index in [-0.39, 0.29) is 5.69 Å². The summed E-state index contributed by atoms with van der Waals surface area (Å²) in [6, 6.07) is 19.3. The van der Waals surface area contributed by atoms with E-state index in [0.717, 1.165) is 5.56 Å². The van der Waals surface area contributed by atoms with Crippen molar-refractivity contribution in [1.29, 1.82) is 0 Å². The minimum atomic E-state index is -0.511. The average molecular weight is 425 g/mol. The van der Waals surface area contributed by atoms with Crippen molar-refractivity contribution >= 4 is 38.6 Å². The fourth-order valence-corrected chi connectivity index (χ4v) is 3.08. The van der Waals surface area contributed by atoms with Crippen molar-refractivity contribution in [3.8, 4) is 0 Å². The Morgan fingerprint density at radius 2 is 1.89 bits per heavy atom. The smallest absolute Gasteiger partial charge is 0.255 e. The second-order valence-electron chi connectivity index (χ2n) is 6.03. The maximum Gasteiger partial charge on any atom is 0.255 e. The molecule has 0 bridgehead atoms. The molecule has 0 atom stereocenters. The Kier molecular flexibility index (Phi) is 4.73. The van der Waals surface area contributed by atoms with Gasteiger partial charge in [-0.15, -0.1) is 0 Å². The van der Waals surface area contributed by atoms with Crippen LogP contribution >= 0.6 is 15.9 Å². The number of fused-ring (bicyclic) bond motifs is 1. The van der Waals surface area contributed by atoms with Gasteiger partial charge < -0.3 is 9.73 Å². The van der Waals surface area contributed by atoms with Crippen LogP contribution in [-0.2, 0) is 6.42 Å². The molecule has 4 aromatic rings. The molecular weight excluding hydrogens is 411 g/mol. The van der Waals surface area contributed by atoms with Crippen molar-refractivity contribution in [2.75, 3.05) is 5.32 Å². The number of nitrogens with one attached hydrogen (secondary N) is 1. The third-order valence-electron chi connectivity index (χ3n) is 4.07. The van der Waals surface area contributed by atoms with Gasteiger partial charge in [-0.1, -0.05) is 46.3 Å². The zero-order valence-corrected chi connectivity index (χ0v) is 15.7. The maximum absolute atomic E-state index is 13.9. The predicted molar refractivity (Wildman–Crippen MR) is 105 cm³/mol. The molecule has 0 fully saturated rings. The van der Waals surface area contributed by atoms with Gasteiger partial charge in [0.2, 0.25) is 0 Å². The van der Waals surface area contributed by atoms with Crippen molar-refractivity contribution < 1.29 is 13.6 Å². The molecule has 0 saturated carbocycles. The minimum absolute atomic E-state index is 0.116. The van der Waals surface area contributed by atoms with Gasteiger partial charge in [-0.25, -0.2) is 9.37 Å². The molecular formula is C21H14BrFN2O2. The lowest BCUT2D eigenvalue weighted by atomic mass is 10.1. The summed E-state index contributed by atoms with van der Waals surface area (Å²) in [6.45, 7) is 0. The Morgan fingerprint density at radius 3 is 2.67 bits per heavy atom. The van der Waals surface area contributed by atoms with E-state index in [9.17, 15) is 9.18 Å². The van der Waals surface area contributed by atoms with Crippen LogP contribution in [0.1, 0.15) is 21.8 Å². The molecule has 0 radical (unpaired) electrons. The summed E-state index contributed by atoms with van der Waals surface area (Å²) in [4.78, 5) is 16.9. The molecule has 27 heavy (non-hydrogen) atoms. The molecule has 134 valence electrons. The SMILES string of the molecule is O=C(Nc1ccc(Br)cc1F)c1ccc2nc(Cc3ccccc3)oc2c1. The molecule has 4 nitrogen and oxygen atoms in total. The molecule has 0 unspecified atom stereocenters. The van der Waals surface area contributed by atoms with Crippen LogP contribution < -0.4 is 5.32 Å². The third-order valence-corrected chi connectivity index (χ3v) is 4.57. The van der Waals surface area contributed by atoms with Crippen LogP contribution in [-0.4, -0.2) is 10.9 Å². The lowest BCUT2D eigenvalue weighted by Gasteiger charge is -2.06. The summed E-state index contributed by atoms with van der Waals surface area (Å²) in [7, 11) is 0. The van der Waals surface area contributed by atoms with Gasteiger partial charge in [0, 0.05) is 16.5 Å². The van der Waals surface area contributed by atoms with Crippen LogP contribution in [0.15, 0.2) is 75.6 Å². The standard InChI is InChI=1S/C21H14BrFN2O2/c22-15-7-9-17(16(23)12-15)25-21(26)14-6-8-18-19(11-14)27-20(24-18)10-13-4-2-1-3-5-13/h1-9,11-12H,10H2,(H,25,26). The number of carbonyl (C=O) groups excluding carboxylic acids is 1. The molecule has 0 aliphatic heterocycles. The first-order chi connectivity index (χ1) is 13.1. The quantitative estimate of drug-likeness (QED) is 0.465. The first kappa shape index (κ1) is 17.4. The van der Waals surface area contributed by atoms with Gasteiger partial charge in [-0.2, -0.15) is 0 Å². The Balaban J connectivity index is 1.56. The molecule has 0 aliphatic rings. The summed E-state index contributed by atoms with van der Waals surface area (Å²) in [5.74, 6) is -0.351. The van der Waals surface area contributed by atoms with Gasteiger partial charge in [0.1, 0.15) is 11.3 Å². The number of halogens is 2. The minimum Gasteiger partial charge on any atom is -0.440 e. The fourth-order valence-electron chi connectivity index (χ4n) is 2.75. The van der Waals surface area contributed by atoms with Crippen molar-refractivity contribution in [1.82, 2.24) is 4.98 Å². The number of anilines is 1. The number of hydrogen-bond acceptors (Lipinski definition) is 3. The first-order valence-electron chi connectivity index (χ1n) is 8.28. The maximum atomic E-state index is 13.9. The normalized spacial score (nSPS) is 10.9. The number of oxazole rings is 1. The Bertz CT molecular complexity index is 1130. The summed E-state index contributed by atoms with van der Waals surface area (Å²) < 4.78 is 20.3. The number of aromatic nitrogens is 1. The van der Waals surface area contributed by atoms with Gasteiger partial charge in [-0.05, 0) is 42.0 Å². The first-order valence-corrected chi connectivity index (χ1v) is 9.07. The van der Waals surface area contributed by atoms with Crippen LogP contribution in [0.4, 0.5) is 10.1 Å². The topological polar surface area (TPSA) is 55.1 Å². The van der Waals surface area contributed by atoms with Gasteiger partial charge in [-0.3, -0.25) is 4.79 Å². The highest BCUT2D eigenvalue weighted by Crippen LogP contribution is 2.22. The van der Waals surface area contributed by atoms with Crippen molar-refractivity contribution in [3.05, 3.63) is 94.0 Å². The molecule has 0 aliphatic carbocycles. The lowest BCUT2D eigenvalue weighted by molar-refractivity contribution is 0.102. The van der Waals surface area contributed by atoms with Gasteiger partial charge in [0.05, 0.1) is 5.69 Å². The summed E-state index contributed by atoms with van der Waals surface area (Å²) >= 11 is 3.19. The monoisotopic (exact) mass is 424 g/mol. The molecule has 3 aromatic carbocycles. The zero-order chi connectivity index (χ0) is 18.8. The third kappa shape index (κ3) is 3.90. The van der Waals surface area contributed by atoms with E-state index < -0.39 is 11.7 Å². The number of benzene rings is 3. The van der Waals surface area contributed by atoms with Crippen LogP contribution in [0.5, 0.6) is 0 Å². The van der Waals surface area contributed by atoms with Crippen molar-refractivity contribution in [2.24, 2.45) is 0 Å². The predicted octanol–water partition coefficient (Wildman–Crippen LogP) is 5.57. The molecule has 0 spiro atoms. The number of amides is 1. The lowest BCUT2D eigenvalue weighted by Crippen LogP contribution is -2.12. The number of nitrogens with zero attached hydrogens (tertiary/aromatic N) is 1. The summed E-state index contributed by atoms with van der Waals surface area (Å²) in [5.41, 5.74) is 2.77. The van der Waals surface area contributed by atoms with Crippen LogP contribution in [0.3, 0.4) is 0 Å². The molecule has 4 rings (SSSR count). The van der Waals surface area contributed by atoms with Crippen molar-refractivity contribution in [3.63, 3.8) is 0 Å². The van der Waals surface area contributed by atoms with E-state index in [0.29, 0.717) is 33.4 Å². The molecule has 1 amide bonds. The largest absolute Gasteiger partial charge is 0.440 e. The van der Waals surface area contributed by atoms with Gasteiger partial charge in [0.15, 0.2) is 11.5 Å². The average Bonchev–Trinajstić information content (AvgIpc) is 3.06. The molecule has 1 N–H and O–H groups in total. The highest BCUT2D eigenvalue weighted by atomic mass is 79.9. The van der Waals surface area contributed by atoms with Gasteiger partial charge in [0.25, 0.3) is 5.91 Å². The molecule has 1 heterocycles. The zero-order valence-electron chi connectivity index (χ0n) is 14.1. The van der Waals surface area contributed by atoms with E-state index in [1.807, 2.05) is 30.3 Å². The molecule has 6 heteroatoms. The second kappa shape index (κ2) is 7.32. The summed E-state index contributed by atoms with van der Waals surface area (Å²) in [6.07, 6.45) is 0.571. The van der Waals surface area contributed by atoms with E-state index in [1.54, 1.807) is 24.3 Å². The number of rotatable bonds is 4. The van der Waals surface area contributed by atoms with E-state index in [4.69, 9.17) is 4.42 Å². The Hall–Kier alpha value is -2.99.